The minimum Gasteiger partial charge on any atom is -0.464 e. The lowest BCUT2D eigenvalue weighted by molar-refractivity contribution is -0.144. The highest BCUT2D eigenvalue weighted by atomic mass is 32.1. The van der Waals surface area contributed by atoms with Crippen LogP contribution in [0.1, 0.15) is 35.5 Å². The van der Waals surface area contributed by atoms with Gasteiger partial charge >= 0.3 is 12.0 Å². The van der Waals surface area contributed by atoms with E-state index in [-0.39, 0.29) is 6.61 Å². The maximum atomic E-state index is 12.3. The van der Waals surface area contributed by atoms with E-state index in [9.17, 15) is 9.59 Å². The number of hydrogen-bond donors (Lipinski definition) is 1. The van der Waals surface area contributed by atoms with Crippen LogP contribution >= 0.6 is 11.3 Å². The summed E-state index contributed by atoms with van der Waals surface area (Å²) in [6.45, 7) is 7.69. The summed E-state index contributed by atoms with van der Waals surface area (Å²) in [5.41, 5.74) is 3.57. The molecular formula is C18H24N4O3S. The monoisotopic (exact) mass is 376 g/mol. The Labute approximate surface area is 157 Å². The number of benzene rings is 1. The van der Waals surface area contributed by atoms with Gasteiger partial charge in [0.25, 0.3) is 0 Å². The van der Waals surface area contributed by atoms with Crippen molar-refractivity contribution < 1.29 is 14.3 Å². The Kier molecular flexibility index (Phi) is 6.68. The highest BCUT2D eigenvalue weighted by molar-refractivity contribution is 7.15. The number of aromatic nitrogens is 2. The van der Waals surface area contributed by atoms with Gasteiger partial charge in [-0.2, -0.15) is 0 Å². The van der Waals surface area contributed by atoms with E-state index in [2.05, 4.69) is 47.6 Å². The maximum absolute atomic E-state index is 12.3. The first kappa shape index (κ1) is 19.8. The van der Waals surface area contributed by atoms with Crippen LogP contribution in [0.15, 0.2) is 18.2 Å². The van der Waals surface area contributed by atoms with Crippen LogP contribution in [-0.2, 0) is 16.0 Å². The quantitative estimate of drug-likeness (QED) is 0.784. The lowest BCUT2D eigenvalue weighted by atomic mass is 10.1. The van der Waals surface area contributed by atoms with Gasteiger partial charge in [0.05, 0.1) is 6.61 Å². The second-order valence-electron chi connectivity index (χ2n) is 6.13. The van der Waals surface area contributed by atoms with Gasteiger partial charge < -0.3 is 10.1 Å². The summed E-state index contributed by atoms with van der Waals surface area (Å²) in [5.74, 6) is -0.470. The van der Waals surface area contributed by atoms with Crippen molar-refractivity contribution in [3.63, 3.8) is 0 Å². The molecule has 0 aliphatic heterocycles. The van der Waals surface area contributed by atoms with E-state index in [1.165, 1.54) is 27.4 Å². The fraction of sp³-hybridized carbons (Fsp3) is 0.444. The molecule has 8 heteroatoms. The first-order valence-electron chi connectivity index (χ1n) is 8.40. The van der Waals surface area contributed by atoms with Gasteiger partial charge in [0.2, 0.25) is 5.13 Å². The van der Waals surface area contributed by atoms with E-state index in [4.69, 9.17) is 4.74 Å². The fourth-order valence-corrected chi connectivity index (χ4v) is 3.33. The topological polar surface area (TPSA) is 84.4 Å². The lowest BCUT2D eigenvalue weighted by Crippen LogP contribution is -2.45. The molecule has 0 saturated carbocycles. The minimum atomic E-state index is -0.729. The first-order chi connectivity index (χ1) is 12.3. The van der Waals surface area contributed by atoms with Crippen molar-refractivity contribution in [1.82, 2.24) is 15.5 Å². The predicted molar refractivity (Wildman–Crippen MR) is 102 cm³/mol. The van der Waals surface area contributed by atoms with Crippen molar-refractivity contribution in [3.8, 4) is 0 Å². The standard InChI is InChI=1S/C18H24N4O3S/c1-6-25-16(23)13(4)19-17(24)22(5)18-21-20-15(26-18)10-14-8-11(2)7-12(3)9-14/h7-9,13H,6,10H2,1-5H3,(H,19,24)/t13-/m0/s1. The van der Waals surface area contributed by atoms with Gasteiger partial charge in [0.1, 0.15) is 11.0 Å². The molecule has 0 spiro atoms. The zero-order chi connectivity index (χ0) is 19.3. The highest BCUT2D eigenvalue weighted by Gasteiger charge is 2.21. The largest absolute Gasteiger partial charge is 0.464 e. The lowest BCUT2D eigenvalue weighted by Gasteiger charge is -2.17. The van der Waals surface area contributed by atoms with Crippen molar-refractivity contribution in [2.75, 3.05) is 18.6 Å². The Morgan fingerprint density at radius 2 is 1.88 bits per heavy atom. The number of esters is 1. The van der Waals surface area contributed by atoms with Crippen LogP contribution in [0, 0.1) is 13.8 Å². The molecule has 0 bridgehead atoms. The highest BCUT2D eigenvalue weighted by Crippen LogP contribution is 2.22. The molecule has 26 heavy (non-hydrogen) atoms. The number of hydrogen-bond acceptors (Lipinski definition) is 6. The number of rotatable bonds is 6. The molecule has 0 aliphatic carbocycles. The van der Waals surface area contributed by atoms with Crippen molar-refractivity contribution in [2.24, 2.45) is 0 Å². The minimum absolute atomic E-state index is 0.271. The Morgan fingerprint density at radius 1 is 1.23 bits per heavy atom. The van der Waals surface area contributed by atoms with Crippen LogP contribution < -0.4 is 10.2 Å². The number of nitrogens with one attached hydrogen (secondary N) is 1. The molecule has 1 aromatic carbocycles. The van der Waals surface area contributed by atoms with Crippen LogP contribution in [-0.4, -0.2) is 41.9 Å². The average molecular weight is 376 g/mol. The van der Waals surface area contributed by atoms with Crippen molar-refractivity contribution >= 4 is 28.5 Å². The van der Waals surface area contributed by atoms with Crippen molar-refractivity contribution in [1.29, 1.82) is 0 Å². The Balaban J connectivity index is 2.01. The zero-order valence-electron chi connectivity index (χ0n) is 15.7. The summed E-state index contributed by atoms with van der Waals surface area (Å²) < 4.78 is 4.88. The molecule has 0 radical (unpaired) electrons. The number of amides is 2. The third-order valence-electron chi connectivity index (χ3n) is 3.66. The third-order valence-corrected chi connectivity index (χ3v) is 4.66. The molecule has 140 valence electrons. The van der Waals surface area contributed by atoms with Crippen LogP contribution in [0.4, 0.5) is 9.93 Å². The molecule has 1 atom stereocenters. The number of urea groups is 1. The van der Waals surface area contributed by atoms with Crippen molar-refractivity contribution in [3.05, 3.63) is 39.9 Å². The summed E-state index contributed by atoms with van der Waals surface area (Å²) in [4.78, 5) is 25.2. The number of nitrogens with zero attached hydrogens (tertiary/aromatic N) is 3. The number of ether oxygens (including phenoxy) is 1. The van der Waals surface area contributed by atoms with Crippen LogP contribution in [0.2, 0.25) is 0 Å². The van der Waals surface area contributed by atoms with Gasteiger partial charge in [-0.05, 0) is 33.3 Å². The number of anilines is 1. The number of carbonyl (C=O) groups excluding carboxylic acids is 2. The molecule has 0 saturated heterocycles. The number of carbonyl (C=O) groups is 2. The van der Waals surface area contributed by atoms with Gasteiger partial charge in [-0.15, -0.1) is 10.2 Å². The van der Waals surface area contributed by atoms with E-state index < -0.39 is 18.0 Å². The normalized spacial score (nSPS) is 11.7. The molecule has 0 aliphatic rings. The molecule has 0 fully saturated rings. The van der Waals surface area contributed by atoms with Crippen LogP contribution in [0.3, 0.4) is 0 Å². The predicted octanol–water partition coefficient (Wildman–Crippen LogP) is 2.84. The van der Waals surface area contributed by atoms with Gasteiger partial charge in [0, 0.05) is 13.5 Å². The van der Waals surface area contributed by atoms with Crippen LogP contribution in [0.5, 0.6) is 0 Å². The summed E-state index contributed by atoms with van der Waals surface area (Å²) in [7, 11) is 1.59. The summed E-state index contributed by atoms with van der Waals surface area (Å²) in [6, 6.07) is 5.20. The average Bonchev–Trinajstić information content (AvgIpc) is 3.01. The molecule has 2 amide bonds. The van der Waals surface area contributed by atoms with Gasteiger partial charge in [-0.1, -0.05) is 40.7 Å². The first-order valence-corrected chi connectivity index (χ1v) is 9.22. The van der Waals surface area contributed by atoms with E-state index >= 15 is 0 Å². The third kappa shape index (κ3) is 5.26. The van der Waals surface area contributed by atoms with Crippen LogP contribution in [0.25, 0.3) is 0 Å². The zero-order valence-corrected chi connectivity index (χ0v) is 16.5. The molecule has 7 nitrogen and oxygen atoms in total. The Morgan fingerprint density at radius 3 is 2.50 bits per heavy atom. The molecule has 0 unspecified atom stereocenters. The van der Waals surface area contributed by atoms with E-state index in [0.29, 0.717) is 11.6 Å². The molecular weight excluding hydrogens is 352 g/mol. The molecule has 1 heterocycles. The maximum Gasteiger partial charge on any atom is 0.328 e. The van der Waals surface area contributed by atoms with Crippen molar-refractivity contribution in [2.45, 2.75) is 40.2 Å². The molecule has 2 rings (SSSR count). The summed E-state index contributed by atoms with van der Waals surface area (Å²) in [6.07, 6.45) is 0.662. The SMILES string of the molecule is CCOC(=O)[C@H](C)NC(=O)N(C)c1nnc(Cc2cc(C)cc(C)c2)s1. The molecule has 1 aromatic heterocycles. The van der Waals surface area contributed by atoms with Gasteiger partial charge in [0.15, 0.2) is 0 Å². The summed E-state index contributed by atoms with van der Waals surface area (Å²) >= 11 is 1.35. The summed E-state index contributed by atoms with van der Waals surface area (Å²) in [5, 5.41) is 12.1. The van der Waals surface area contributed by atoms with Gasteiger partial charge in [-0.3, -0.25) is 4.90 Å². The number of aryl methyl sites for hydroxylation is 2. The second-order valence-corrected chi connectivity index (χ2v) is 7.17. The Bertz CT molecular complexity index is 770. The fourth-order valence-electron chi connectivity index (χ4n) is 2.49. The molecule has 2 aromatic rings. The van der Waals surface area contributed by atoms with E-state index in [1.54, 1.807) is 20.9 Å². The van der Waals surface area contributed by atoms with E-state index in [0.717, 1.165) is 10.6 Å². The second kappa shape index (κ2) is 8.75. The van der Waals surface area contributed by atoms with E-state index in [1.807, 2.05) is 0 Å². The smallest absolute Gasteiger partial charge is 0.328 e. The molecule has 1 N–H and O–H groups in total. The Hall–Kier alpha value is -2.48. The van der Waals surface area contributed by atoms with Gasteiger partial charge in [-0.25, -0.2) is 9.59 Å².